The van der Waals surface area contributed by atoms with Crippen LogP contribution in [-0.4, -0.2) is 54.0 Å². The summed E-state index contributed by atoms with van der Waals surface area (Å²) >= 11 is 0. The van der Waals surface area contributed by atoms with Crippen molar-refractivity contribution in [2.75, 3.05) is 26.3 Å². The van der Waals surface area contributed by atoms with Crippen molar-refractivity contribution >= 4 is 11.8 Å². The molecule has 144 valence electrons. The van der Waals surface area contributed by atoms with Crippen molar-refractivity contribution in [3.05, 3.63) is 36.7 Å². The standard InChI is InChI=1S/C19H29N3O4/c1-15(16-5-9-20-10-6-16)21-25-14-13-24-17-7-11-22(12-8-17)18(23)26-19(2,3)4/h5-6,9-10,17,21H,1,7-8,11-14H2,2-4H3. The van der Waals surface area contributed by atoms with Crippen LogP contribution in [0.25, 0.3) is 5.70 Å². The quantitative estimate of drug-likeness (QED) is 0.593. The number of nitrogens with zero attached hydrogens (tertiary/aromatic N) is 2. The molecule has 1 fully saturated rings. The molecule has 1 amide bonds. The van der Waals surface area contributed by atoms with Gasteiger partial charge in [-0.1, -0.05) is 6.58 Å². The van der Waals surface area contributed by atoms with Crippen molar-refractivity contribution in [3.8, 4) is 0 Å². The molecule has 0 bridgehead atoms. The van der Waals surface area contributed by atoms with Crippen LogP contribution in [0.4, 0.5) is 4.79 Å². The van der Waals surface area contributed by atoms with Crippen molar-refractivity contribution in [1.29, 1.82) is 0 Å². The minimum Gasteiger partial charge on any atom is -0.444 e. The molecular weight excluding hydrogens is 334 g/mol. The summed E-state index contributed by atoms with van der Waals surface area (Å²) in [5.41, 5.74) is 3.95. The minimum atomic E-state index is -0.463. The van der Waals surface area contributed by atoms with E-state index in [9.17, 15) is 4.79 Å². The highest BCUT2D eigenvalue weighted by molar-refractivity contribution is 5.68. The number of rotatable bonds is 7. The first kappa shape index (κ1) is 20.2. The Balaban J connectivity index is 1.56. The maximum Gasteiger partial charge on any atom is 0.410 e. The number of hydroxylamine groups is 1. The summed E-state index contributed by atoms with van der Waals surface area (Å²) < 4.78 is 11.2. The monoisotopic (exact) mass is 363 g/mol. The highest BCUT2D eigenvalue weighted by Gasteiger charge is 2.27. The maximum atomic E-state index is 12.0. The fourth-order valence-corrected chi connectivity index (χ4v) is 2.54. The molecule has 0 spiro atoms. The Morgan fingerprint density at radius 1 is 1.27 bits per heavy atom. The van der Waals surface area contributed by atoms with Gasteiger partial charge in [0.15, 0.2) is 0 Å². The smallest absolute Gasteiger partial charge is 0.410 e. The lowest BCUT2D eigenvalue weighted by atomic mass is 10.1. The van der Waals surface area contributed by atoms with Gasteiger partial charge < -0.3 is 14.4 Å². The average Bonchev–Trinajstić information content (AvgIpc) is 2.61. The van der Waals surface area contributed by atoms with E-state index < -0.39 is 5.60 Å². The fourth-order valence-electron chi connectivity index (χ4n) is 2.54. The Labute approximate surface area is 155 Å². The van der Waals surface area contributed by atoms with Crippen molar-refractivity contribution in [2.45, 2.75) is 45.3 Å². The summed E-state index contributed by atoms with van der Waals surface area (Å²) in [6.07, 6.45) is 4.90. The van der Waals surface area contributed by atoms with Crippen molar-refractivity contribution in [2.24, 2.45) is 0 Å². The Kier molecular flexibility index (Phi) is 7.41. The molecule has 2 heterocycles. The van der Waals surface area contributed by atoms with Gasteiger partial charge in [0.2, 0.25) is 0 Å². The van der Waals surface area contributed by atoms with E-state index in [4.69, 9.17) is 14.3 Å². The summed E-state index contributed by atoms with van der Waals surface area (Å²) in [4.78, 5) is 23.1. The van der Waals surface area contributed by atoms with Gasteiger partial charge in [-0.2, -0.15) is 0 Å². The molecule has 0 saturated carbocycles. The maximum absolute atomic E-state index is 12.0. The number of piperidine rings is 1. The summed E-state index contributed by atoms with van der Waals surface area (Å²) in [6.45, 7) is 11.7. The molecule has 7 heteroatoms. The first-order valence-corrected chi connectivity index (χ1v) is 8.92. The highest BCUT2D eigenvalue weighted by Crippen LogP contribution is 2.17. The number of aromatic nitrogens is 1. The van der Waals surface area contributed by atoms with Gasteiger partial charge in [0.1, 0.15) is 5.60 Å². The number of likely N-dealkylation sites (tertiary alicyclic amines) is 1. The Morgan fingerprint density at radius 2 is 1.92 bits per heavy atom. The van der Waals surface area contributed by atoms with E-state index in [0.717, 1.165) is 18.4 Å². The highest BCUT2D eigenvalue weighted by atomic mass is 16.7. The molecule has 1 aromatic heterocycles. The first-order valence-electron chi connectivity index (χ1n) is 8.92. The second-order valence-corrected chi connectivity index (χ2v) is 7.20. The number of amides is 1. The number of hydrogen-bond donors (Lipinski definition) is 1. The zero-order valence-corrected chi connectivity index (χ0v) is 15.9. The van der Waals surface area contributed by atoms with Crippen molar-refractivity contribution in [1.82, 2.24) is 15.4 Å². The van der Waals surface area contributed by atoms with Crippen LogP contribution in [0.2, 0.25) is 0 Å². The number of nitrogens with one attached hydrogen (secondary N) is 1. The van der Waals surface area contributed by atoms with Gasteiger partial charge in [-0.25, -0.2) is 4.79 Å². The molecule has 1 saturated heterocycles. The third kappa shape index (κ3) is 7.01. The molecule has 0 aromatic carbocycles. The van der Waals surface area contributed by atoms with Crippen LogP contribution in [0.3, 0.4) is 0 Å². The van der Waals surface area contributed by atoms with E-state index in [1.807, 2.05) is 32.9 Å². The molecule has 1 aliphatic rings. The number of carbonyl (C=O) groups is 1. The molecule has 0 aliphatic carbocycles. The van der Waals surface area contributed by atoms with Gasteiger partial charge in [-0.05, 0) is 45.7 Å². The molecule has 0 atom stereocenters. The number of hydrogen-bond acceptors (Lipinski definition) is 6. The van der Waals surface area contributed by atoms with Crippen LogP contribution in [0.15, 0.2) is 31.1 Å². The molecule has 26 heavy (non-hydrogen) atoms. The molecule has 1 aliphatic heterocycles. The zero-order chi connectivity index (χ0) is 19.0. The Bertz CT molecular complexity index is 578. The van der Waals surface area contributed by atoms with Gasteiger partial charge in [0.25, 0.3) is 0 Å². The Hall–Kier alpha value is -2.12. The van der Waals surface area contributed by atoms with Crippen molar-refractivity contribution < 1.29 is 19.1 Å². The SMILES string of the molecule is C=C(NOCCOC1CCN(C(=O)OC(C)(C)C)CC1)c1ccncc1. The molecular formula is C19H29N3O4. The molecule has 1 N–H and O–H groups in total. The zero-order valence-electron chi connectivity index (χ0n) is 15.9. The summed E-state index contributed by atoms with van der Waals surface area (Å²) in [6, 6.07) is 3.71. The van der Waals surface area contributed by atoms with Gasteiger partial charge >= 0.3 is 6.09 Å². The van der Waals surface area contributed by atoms with Crippen LogP contribution in [0.5, 0.6) is 0 Å². The normalized spacial score (nSPS) is 15.6. The molecule has 7 nitrogen and oxygen atoms in total. The second-order valence-electron chi connectivity index (χ2n) is 7.20. The molecule has 1 aromatic rings. The first-order chi connectivity index (χ1) is 12.3. The second kappa shape index (κ2) is 9.54. The lowest BCUT2D eigenvalue weighted by Gasteiger charge is -2.33. The molecule has 2 rings (SSSR count). The Morgan fingerprint density at radius 3 is 2.54 bits per heavy atom. The average molecular weight is 363 g/mol. The van der Waals surface area contributed by atoms with E-state index in [1.165, 1.54) is 0 Å². The molecule has 0 unspecified atom stereocenters. The predicted octanol–water partition coefficient (Wildman–Crippen LogP) is 2.99. The summed E-state index contributed by atoms with van der Waals surface area (Å²) in [5.74, 6) is 0. The van der Waals surface area contributed by atoms with E-state index in [-0.39, 0.29) is 12.2 Å². The third-order valence-corrected chi connectivity index (χ3v) is 3.86. The van der Waals surface area contributed by atoms with E-state index in [2.05, 4.69) is 17.0 Å². The minimum absolute atomic E-state index is 0.140. The lowest BCUT2D eigenvalue weighted by molar-refractivity contribution is -0.0388. The summed E-state index contributed by atoms with van der Waals surface area (Å²) in [7, 11) is 0. The van der Waals surface area contributed by atoms with E-state index in [1.54, 1.807) is 17.3 Å². The largest absolute Gasteiger partial charge is 0.444 e. The topological polar surface area (TPSA) is 72.9 Å². The number of ether oxygens (including phenoxy) is 2. The third-order valence-electron chi connectivity index (χ3n) is 3.86. The van der Waals surface area contributed by atoms with Crippen LogP contribution in [-0.2, 0) is 14.3 Å². The van der Waals surface area contributed by atoms with Gasteiger partial charge in [-0.3, -0.25) is 15.3 Å². The van der Waals surface area contributed by atoms with E-state index in [0.29, 0.717) is 32.0 Å². The van der Waals surface area contributed by atoms with Crippen LogP contribution < -0.4 is 5.48 Å². The predicted molar refractivity (Wildman–Crippen MR) is 99.1 cm³/mol. The van der Waals surface area contributed by atoms with Crippen LogP contribution in [0.1, 0.15) is 39.2 Å². The van der Waals surface area contributed by atoms with E-state index >= 15 is 0 Å². The van der Waals surface area contributed by atoms with Gasteiger partial charge in [0.05, 0.1) is 25.0 Å². The van der Waals surface area contributed by atoms with Crippen LogP contribution in [0, 0.1) is 0 Å². The lowest BCUT2D eigenvalue weighted by Crippen LogP contribution is -2.43. The van der Waals surface area contributed by atoms with Crippen molar-refractivity contribution in [3.63, 3.8) is 0 Å². The fraction of sp³-hybridized carbons (Fsp3) is 0.579. The van der Waals surface area contributed by atoms with Gasteiger partial charge in [-0.15, -0.1) is 0 Å². The van der Waals surface area contributed by atoms with Gasteiger partial charge in [0, 0.05) is 31.0 Å². The van der Waals surface area contributed by atoms with Crippen LogP contribution >= 0.6 is 0 Å². The number of carbonyl (C=O) groups excluding carboxylic acids is 1. The summed E-state index contributed by atoms with van der Waals surface area (Å²) in [5, 5.41) is 0. The molecule has 0 radical (unpaired) electrons. The number of pyridine rings is 1.